The van der Waals surface area contributed by atoms with E-state index in [1.54, 1.807) is 0 Å². The molecule has 1 rings (SSSR count). The van der Waals surface area contributed by atoms with Crippen molar-refractivity contribution in [1.29, 1.82) is 0 Å². The number of rotatable bonds is 6. The van der Waals surface area contributed by atoms with E-state index in [1.807, 2.05) is 18.2 Å². The van der Waals surface area contributed by atoms with Gasteiger partial charge in [0, 0.05) is 19.6 Å². The molecular weight excluding hydrogens is 204 g/mol. The maximum atomic E-state index is 10.8. The lowest BCUT2D eigenvalue weighted by atomic mass is 10.1. The molecule has 1 aromatic carbocycles. The number of esters is 1. The van der Waals surface area contributed by atoms with Gasteiger partial charge in [-0.2, -0.15) is 0 Å². The number of benzene rings is 1. The minimum absolute atomic E-state index is 0.191. The fourth-order valence-corrected chi connectivity index (χ4v) is 1.39. The van der Waals surface area contributed by atoms with Crippen LogP contribution in [0.4, 0.5) is 0 Å². The third-order valence-electron chi connectivity index (χ3n) is 2.29. The van der Waals surface area contributed by atoms with Crippen molar-refractivity contribution in [2.75, 3.05) is 13.7 Å². The highest BCUT2D eigenvalue weighted by molar-refractivity contribution is 5.69. The van der Waals surface area contributed by atoms with E-state index in [0.717, 1.165) is 12.1 Å². The first kappa shape index (κ1) is 12.7. The molecule has 0 saturated heterocycles. The van der Waals surface area contributed by atoms with Gasteiger partial charge in [-0.1, -0.05) is 24.3 Å². The Labute approximate surface area is 95.8 Å². The molecule has 0 atom stereocenters. The zero-order valence-electron chi connectivity index (χ0n) is 9.53. The van der Waals surface area contributed by atoms with Crippen molar-refractivity contribution in [2.45, 2.75) is 19.5 Å². The summed E-state index contributed by atoms with van der Waals surface area (Å²) in [6.07, 6.45) is 0.396. The van der Waals surface area contributed by atoms with E-state index >= 15 is 0 Å². The maximum absolute atomic E-state index is 10.8. The van der Waals surface area contributed by atoms with Gasteiger partial charge >= 0.3 is 5.97 Å². The Hall–Kier alpha value is -1.39. The van der Waals surface area contributed by atoms with Crippen molar-refractivity contribution in [3.63, 3.8) is 0 Å². The van der Waals surface area contributed by atoms with Crippen molar-refractivity contribution in [1.82, 2.24) is 5.32 Å². The SMILES string of the molecule is COC(=O)CCNCc1cccc(CN)c1. The summed E-state index contributed by atoms with van der Waals surface area (Å²) in [6.45, 7) is 1.92. The van der Waals surface area contributed by atoms with Crippen LogP contribution in [0.1, 0.15) is 17.5 Å². The number of nitrogens with one attached hydrogen (secondary N) is 1. The van der Waals surface area contributed by atoms with Gasteiger partial charge in [0.1, 0.15) is 0 Å². The molecule has 0 amide bonds. The molecule has 0 aliphatic rings. The van der Waals surface area contributed by atoms with Crippen molar-refractivity contribution < 1.29 is 9.53 Å². The van der Waals surface area contributed by atoms with Gasteiger partial charge in [0.05, 0.1) is 13.5 Å². The lowest BCUT2D eigenvalue weighted by molar-refractivity contribution is -0.140. The van der Waals surface area contributed by atoms with Gasteiger partial charge in [-0.25, -0.2) is 0 Å². The molecule has 4 heteroatoms. The average molecular weight is 222 g/mol. The third-order valence-corrected chi connectivity index (χ3v) is 2.29. The van der Waals surface area contributed by atoms with Crippen LogP contribution in [0, 0.1) is 0 Å². The minimum Gasteiger partial charge on any atom is -0.469 e. The van der Waals surface area contributed by atoms with E-state index in [4.69, 9.17) is 5.73 Å². The molecule has 3 N–H and O–H groups in total. The monoisotopic (exact) mass is 222 g/mol. The van der Waals surface area contributed by atoms with E-state index in [0.29, 0.717) is 19.5 Å². The normalized spacial score (nSPS) is 10.1. The molecule has 1 aromatic rings. The van der Waals surface area contributed by atoms with E-state index in [-0.39, 0.29) is 5.97 Å². The van der Waals surface area contributed by atoms with Crippen molar-refractivity contribution in [3.05, 3.63) is 35.4 Å². The quantitative estimate of drug-likeness (QED) is 0.552. The second-order valence-electron chi connectivity index (χ2n) is 3.53. The summed E-state index contributed by atoms with van der Waals surface area (Å²) in [5, 5.41) is 3.18. The number of nitrogens with two attached hydrogens (primary N) is 1. The number of hydrogen-bond acceptors (Lipinski definition) is 4. The predicted octanol–water partition coefficient (Wildman–Crippen LogP) is 0.798. The average Bonchev–Trinajstić information content (AvgIpc) is 2.34. The van der Waals surface area contributed by atoms with Gasteiger partial charge < -0.3 is 15.8 Å². The topological polar surface area (TPSA) is 64.3 Å². The van der Waals surface area contributed by atoms with Crippen LogP contribution < -0.4 is 11.1 Å². The van der Waals surface area contributed by atoms with E-state index < -0.39 is 0 Å². The summed E-state index contributed by atoms with van der Waals surface area (Å²) in [7, 11) is 1.40. The van der Waals surface area contributed by atoms with Gasteiger partial charge in [0.25, 0.3) is 0 Å². The zero-order valence-corrected chi connectivity index (χ0v) is 9.53. The number of carbonyl (C=O) groups excluding carboxylic acids is 1. The highest BCUT2D eigenvalue weighted by Crippen LogP contribution is 2.04. The molecule has 0 spiro atoms. The van der Waals surface area contributed by atoms with Crippen LogP contribution >= 0.6 is 0 Å². The zero-order chi connectivity index (χ0) is 11.8. The first-order valence-corrected chi connectivity index (χ1v) is 5.31. The van der Waals surface area contributed by atoms with Crippen LogP contribution in [-0.2, 0) is 22.6 Å². The van der Waals surface area contributed by atoms with Crippen LogP contribution in [0.25, 0.3) is 0 Å². The van der Waals surface area contributed by atoms with Gasteiger partial charge in [-0.15, -0.1) is 0 Å². The van der Waals surface area contributed by atoms with Gasteiger partial charge in [0.15, 0.2) is 0 Å². The Morgan fingerprint density at radius 1 is 1.44 bits per heavy atom. The molecule has 0 fully saturated rings. The number of ether oxygens (including phenoxy) is 1. The fourth-order valence-electron chi connectivity index (χ4n) is 1.39. The molecule has 0 heterocycles. The van der Waals surface area contributed by atoms with Gasteiger partial charge in [-0.05, 0) is 11.1 Å². The summed E-state index contributed by atoms with van der Waals surface area (Å²) < 4.78 is 4.54. The molecule has 88 valence electrons. The van der Waals surface area contributed by atoms with Crippen LogP contribution in [0.15, 0.2) is 24.3 Å². The molecule has 0 unspecified atom stereocenters. The van der Waals surface area contributed by atoms with E-state index in [9.17, 15) is 4.79 Å². The first-order chi connectivity index (χ1) is 7.76. The van der Waals surface area contributed by atoms with E-state index in [1.165, 1.54) is 12.7 Å². The van der Waals surface area contributed by atoms with Gasteiger partial charge in [0.2, 0.25) is 0 Å². The lowest BCUT2D eigenvalue weighted by Crippen LogP contribution is -2.18. The molecule has 0 aromatic heterocycles. The molecule has 0 radical (unpaired) electrons. The Morgan fingerprint density at radius 2 is 2.19 bits per heavy atom. The molecule has 0 aliphatic heterocycles. The highest BCUT2D eigenvalue weighted by atomic mass is 16.5. The van der Waals surface area contributed by atoms with Crippen LogP contribution in [-0.4, -0.2) is 19.6 Å². The summed E-state index contributed by atoms with van der Waals surface area (Å²) in [4.78, 5) is 10.8. The van der Waals surface area contributed by atoms with Crippen molar-refractivity contribution in [2.24, 2.45) is 5.73 Å². The Bertz CT molecular complexity index is 340. The molecule has 0 bridgehead atoms. The summed E-state index contributed by atoms with van der Waals surface area (Å²) in [5.74, 6) is -0.191. The standard InChI is InChI=1S/C12H18N2O2/c1-16-12(15)5-6-14-9-11-4-2-3-10(7-11)8-13/h2-4,7,14H,5-6,8-9,13H2,1H3. The van der Waals surface area contributed by atoms with E-state index in [2.05, 4.69) is 16.1 Å². The number of methoxy groups -OCH3 is 1. The fraction of sp³-hybridized carbons (Fsp3) is 0.417. The van der Waals surface area contributed by atoms with Crippen LogP contribution in [0.5, 0.6) is 0 Å². The second-order valence-corrected chi connectivity index (χ2v) is 3.53. The van der Waals surface area contributed by atoms with Crippen molar-refractivity contribution in [3.8, 4) is 0 Å². The maximum Gasteiger partial charge on any atom is 0.306 e. The smallest absolute Gasteiger partial charge is 0.306 e. The Morgan fingerprint density at radius 3 is 2.88 bits per heavy atom. The third kappa shape index (κ3) is 4.42. The van der Waals surface area contributed by atoms with Gasteiger partial charge in [-0.3, -0.25) is 4.79 Å². The van der Waals surface area contributed by atoms with Crippen LogP contribution in [0.3, 0.4) is 0 Å². The molecule has 0 saturated carbocycles. The summed E-state index contributed by atoms with van der Waals surface area (Å²) >= 11 is 0. The summed E-state index contributed by atoms with van der Waals surface area (Å²) in [6, 6.07) is 8.08. The minimum atomic E-state index is -0.191. The molecule has 0 aliphatic carbocycles. The number of hydrogen-bond donors (Lipinski definition) is 2. The first-order valence-electron chi connectivity index (χ1n) is 5.31. The summed E-state index contributed by atoms with van der Waals surface area (Å²) in [5.41, 5.74) is 7.84. The largest absolute Gasteiger partial charge is 0.469 e. The van der Waals surface area contributed by atoms with Crippen LogP contribution in [0.2, 0.25) is 0 Å². The molecular formula is C12H18N2O2. The molecule has 16 heavy (non-hydrogen) atoms. The number of carbonyl (C=O) groups is 1. The highest BCUT2D eigenvalue weighted by Gasteiger charge is 1.99. The lowest BCUT2D eigenvalue weighted by Gasteiger charge is -2.05. The second kappa shape index (κ2) is 6.98. The van der Waals surface area contributed by atoms with Crippen molar-refractivity contribution >= 4 is 5.97 Å². The predicted molar refractivity (Wildman–Crippen MR) is 62.7 cm³/mol. The Kier molecular flexibility index (Phi) is 5.53. The Balaban J connectivity index is 2.28. The molecule has 4 nitrogen and oxygen atoms in total.